The molecule has 0 bridgehead atoms. The number of aromatic nitrogens is 1. The van der Waals surface area contributed by atoms with E-state index in [1.54, 1.807) is 24.5 Å². The molecule has 1 unspecified atom stereocenters. The van der Waals surface area contributed by atoms with Crippen LogP contribution in [-0.2, 0) is 6.54 Å². The number of benzene rings is 1. The zero-order chi connectivity index (χ0) is 15.3. The van der Waals surface area contributed by atoms with Gasteiger partial charge in [-0.1, -0.05) is 18.2 Å². The smallest absolute Gasteiger partial charge is 0.406 e. The van der Waals surface area contributed by atoms with Crippen molar-refractivity contribution < 1.29 is 17.9 Å². The third kappa shape index (κ3) is 5.07. The second kappa shape index (κ2) is 6.58. The standard InChI is InChI=1S/C15H15F3N2O/c1-11(13-3-2-8-19-10-13)20-9-12-4-6-14(7-5-12)21-15(16,17)18/h2-8,10-11,20H,9H2,1H3. The van der Waals surface area contributed by atoms with Gasteiger partial charge in [-0.2, -0.15) is 0 Å². The average molecular weight is 296 g/mol. The Morgan fingerprint density at radius 1 is 1.19 bits per heavy atom. The van der Waals surface area contributed by atoms with Crippen molar-refractivity contribution in [2.24, 2.45) is 0 Å². The van der Waals surface area contributed by atoms with E-state index in [2.05, 4.69) is 15.0 Å². The summed E-state index contributed by atoms with van der Waals surface area (Å²) in [6.07, 6.45) is -1.18. The van der Waals surface area contributed by atoms with Crippen LogP contribution in [-0.4, -0.2) is 11.3 Å². The summed E-state index contributed by atoms with van der Waals surface area (Å²) in [4.78, 5) is 4.04. The predicted molar refractivity (Wildman–Crippen MR) is 72.6 cm³/mol. The lowest BCUT2D eigenvalue weighted by Gasteiger charge is -2.14. The van der Waals surface area contributed by atoms with Crippen LogP contribution in [0.3, 0.4) is 0 Å². The van der Waals surface area contributed by atoms with Gasteiger partial charge in [-0.25, -0.2) is 0 Å². The predicted octanol–water partition coefficient (Wildman–Crippen LogP) is 3.83. The number of rotatable bonds is 5. The molecule has 3 nitrogen and oxygen atoms in total. The zero-order valence-corrected chi connectivity index (χ0v) is 11.4. The third-order valence-electron chi connectivity index (χ3n) is 2.95. The highest BCUT2D eigenvalue weighted by Gasteiger charge is 2.30. The molecule has 2 rings (SSSR count). The molecule has 0 fully saturated rings. The molecule has 21 heavy (non-hydrogen) atoms. The summed E-state index contributed by atoms with van der Waals surface area (Å²) < 4.78 is 40.0. The van der Waals surface area contributed by atoms with Gasteiger partial charge in [0.2, 0.25) is 0 Å². The second-order valence-corrected chi connectivity index (χ2v) is 4.58. The minimum atomic E-state index is -4.66. The SMILES string of the molecule is CC(NCc1ccc(OC(F)(F)F)cc1)c1cccnc1. The van der Waals surface area contributed by atoms with Gasteiger partial charge in [0.1, 0.15) is 5.75 Å². The lowest BCUT2D eigenvalue weighted by atomic mass is 10.1. The van der Waals surface area contributed by atoms with E-state index in [1.807, 2.05) is 19.1 Å². The molecule has 0 aliphatic rings. The fraction of sp³-hybridized carbons (Fsp3) is 0.267. The minimum Gasteiger partial charge on any atom is -0.406 e. The van der Waals surface area contributed by atoms with Crippen LogP contribution >= 0.6 is 0 Å². The van der Waals surface area contributed by atoms with Gasteiger partial charge in [-0.05, 0) is 36.2 Å². The Balaban J connectivity index is 1.89. The molecule has 0 saturated heterocycles. The lowest BCUT2D eigenvalue weighted by Crippen LogP contribution is -2.18. The van der Waals surface area contributed by atoms with E-state index in [9.17, 15) is 13.2 Å². The number of hydrogen-bond acceptors (Lipinski definition) is 3. The number of nitrogens with one attached hydrogen (secondary N) is 1. The van der Waals surface area contributed by atoms with Crippen molar-refractivity contribution >= 4 is 0 Å². The molecule has 0 aliphatic carbocycles. The number of alkyl halides is 3. The number of hydrogen-bond donors (Lipinski definition) is 1. The Labute approximate surface area is 120 Å². The maximum Gasteiger partial charge on any atom is 0.573 e. The van der Waals surface area contributed by atoms with E-state index in [-0.39, 0.29) is 11.8 Å². The Bertz CT molecular complexity index is 555. The average Bonchev–Trinajstić information content (AvgIpc) is 2.45. The van der Waals surface area contributed by atoms with Gasteiger partial charge >= 0.3 is 6.36 Å². The zero-order valence-electron chi connectivity index (χ0n) is 11.4. The fourth-order valence-electron chi connectivity index (χ4n) is 1.83. The highest BCUT2D eigenvalue weighted by Crippen LogP contribution is 2.22. The molecule has 0 aliphatic heterocycles. The first-order chi connectivity index (χ1) is 9.94. The molecule has 0 amide bonds. The van der Waals surface area contributed by atoms with Crippen molar-refractivity contribution in [1.29, 1.82) is 0 Å². The Morgan fingerprint density at radius 2 is 1.90 bits per heavy atom. The number of pyridine rings is 1. The van der Waals surface area contributed by atoms with E-state index < -0.39 is 6.36 Å². The van der Waals surface area contributed by atoms with Gasteiger partial charge in [-0.15, -0.1) is 13.2 Å². The number of nitrogens with zero attached hydrogens (tertiary/aromatic N) is 1. The maximum atomic E-state index is 12.0. The summed E-state index contributed by atoms with van der Waals surface area (Å²) in [5.41, 5.74) is 1.93. The Morgan fingerprint density at radius 3 is 2.48 bits per heavy atom. The second-order valence-electron chi connectivity index (χ2n) is 4.58. The summed E-state index contributed by atoms with van der Waals surface area (Å²) >= 11 is 0. The van der Waals surface area contributed by atoms with Crippen LogP contribution in [0.4, 0.5) is 13.2 Å². The normalized spacial score (nSPS) is 13.0. The molecule has 0 spiro atoms. The fourth-order valence-corrected chi connectivity index (χ4v) is 1.83. The van der Waals surface area contributed by atoms with Crippen LogP contribution in [0.1, 0.15) is 24.1 Å². The van der Waals surface area contributed by atoms with Gasteiger partial charge in [0.15, 0.2) is 0 Å². The lowest BCUT2D eigenvalue weighted by molar-refractivity contribution is -0.274. The molecule has 0 radical (unpaired) electrons. The first kappa shape index (κ1) is 15.3. The van der Waals surface area contributed by atoms with Crippen LogP contribution in [0.25, 0.3) is 0 Å². The third-order valence-corrected chi connectivity index (χ3v) is 2.95. The van der Waals surface area contributed by atoms with E-state index in [0.717, 1.165) is 11.1 Å². The van der Waals surface area contributed by atoms with Crippen molar-refractivity contribution in [2.75, 3.05) is 0 Å². The topological polar surface area (TPSA) is 34.1 Å². The van der Waals surface area contributed by atoms with Crippen molar-refractivity contribution in [3.63, 3.8) is 0 Å². The summed E-state index contributed by atoms with van der Waals surface area (Å²) in [6, 6.07) is 9.73. The molecule has 6 heteroatoms. The van der Waals surface area contributed by atoms with Crippen LogP contribution in [0.5, 0.6) is 5.75 Å². The molecular formula is C15H15F3N2O. The Kier molecular flexibility index (Phi) is 4.80. The molecule has 112 valence electrons. The highest BCUT2D eigenvalue weighted by atomic mass is 19.4. The van der Waals surface area contributed by atoms with E-state index in [4.69, 9.17) is 0 Å². The molecule has 1 heterocycles. The van der Waals surface area contributed by atoms with Crippen LogP contribution < -0.4 is 10.1 Å². The van der Waals surface area contributed by atoms with Gasteiger partial charge in [0, 0.05) is 25.0 Å². The van der Waals surface area contributed by atoms with E-state index in [1.165, 1.54) is 12.1 Å². The Hall–Kier alpha value is -2.08. The maximum absolute atomic E-state index is 12.0. The van der Waals surface area contributed by atoms with Gasteiger partial charge in [0.05, 0.1) is 0 Å². The van der Waals surface area contributed by atoms with Crippen LogP contribution in [0, 0.1) is 0 Å². The van der Waals surface area contributed by atoms with Gasteiger partial charge < -0.3 is 10.1 Å². The quantitative estimate of drug-likeness (QED) is 0.910. The van der Waals surface area contributed by atoms with Crippen LogP contribution in [0.2, 0.25) is 0 Å². The van der Waals surface area contributed by atoms with Crippen molar-refractivity contribution in [3.8, 4) is 5.75 Å². The monoisotopic (exact) mass is 296 g/mol. The highest BCUT2D eigenvalue weighted by molar-refractivity contribution is 5.27. The minimum absolute atomic E-state index is 0.102. The molecule has 0 saturated carbocycles. The summed E-state index contributed by atoms with van der Waals surface area (Å²) in [7, 11) is 0. The van der Waals surface area contributed by atoms with Crippen LogP contribution in [0.15, 0.2) is 48.8 Å². The molecule has 2 aromatic rings. The van der Waals surface area contributed by atoms with E-state index in [0.29, 0.717) is 6.54 Å². The molecule has 1 aromatic heterocycles. The summed E-state index contributed by atoms with van der Waals surface area (Å²) in [5, 5.41) is 3.28. The van der Waals surface area contributed by atoms with E-state index >= 15 is 0 Å². The van der Waals surface area contributed by atoms with Gasteiger partial charge in [0.25, 0.3) is 0 Å². The summed E-state index contributed by atoms with van der Waals surface area (Å²) in [5.74, 6) is -0.216. The van der Waals surface area contributed by atoms with Crippen molar-refractivity contribution in [2.45, 2.75) is 25.9 Å². The molecule has 1 aromatic carbocycles. The molecule has 1 atom stereocenters. The molecular weight excluding hydrogens is 281 g/mol. The van der Waals surface area contributed by atoms with Crippen molar-refractivity contribution in [1.82, 2.24) is 10.3 Å². The first-order valence-electron chi connectivity index (χ1n) is 6.42. The van der Waals surface area contributed by atoms with Gasteiger partial charge in [-0.3, -0.25) is 4.98 Å². The van der Waals surface area contributed by atoms with Crippen molar-refractivity contribution in [3.05, 3.63) is 59.9 Å². The number of ether oxygens (including phenoxy) is 1. The molecule has 1 N–H and O–H groups in total. The largest absolute Gasteiger partial charge is 0.573 e. The summed E-state index contributed by atoms with van der Waals surface area (Å²) in [6.45, 7) is 2.54. The first-order valence-corrected chi connectivity index (χ1v) is 6.42. The number of halogens is 3.